The molecule has 2 unspecified atom stereocenters. The Morgan fingerprint density at radius 2 is 2.08 bits per heavy atom. The molecule has 0 aromatic heterocycles. The molecule has 0 aromatic rings. The van der Waals surface area contributed by atoms with Gasteiger partial charge >= 0.3 is 0 Å². The molecule has 0 spiro atoms. The molecule has 0 aliphatic heterocycles. The summed E-state index contributed by atoms with van der Waals surface area (Å²) < 4.78 is 0. The standard InChI is InChI=1S/C12H23N/c1-3-7-13-9-11-8-12(11,4-2)10-5-6-10/h10-11,13H,3-9H2,1-2H3. The van der Waals surface area contributed by atoms with Crippen LogP contribution in [-0.4, -0.2) is 13.1 Å². The van der Waals surface area contributed by atoms with Gasteiger partial charge in [0.25, 0.3) is 0 Å². The van der Waals surface area contributed by atoms with Crippen molar-refractivity contribution in [2.24, 2.45) is 17.3 Å². The zero-order valence-electron chi connectivity index (χ0n) is 9.10. The van der Waals surface area contributed by atoms with Gasteiger partial charge in [-0.3, -0.25) is 0 Å². The SMILES string of the molecule is CCCNCC1CC1(CC)C1CC1. The van der Waals surface area contributed by atoms with Gasteiger partial charge in [0, 0.05) is 0 Å². The van der Waals surface area contributed by atoms with Crippen LogP contribution in [0, 0.1) is 17.3 Å². The van der Waals surface area contributed by atoms with Crippen LogP contribution in [0.4, 0.5) is 0 Å². The second kappa shape index (κ2) is 3.61. The fourth-order valence-corrected chi connectivity index (χ4v) is 3.01. The Labute approximate surface area is 82.3 Å². The van der Waals surface area contributed by atoms with Gasteiger partial charge in [-0.1, -0.05) is 13.8 Å². The fourth-order valence-electron chi connectivity index (χ4n) is 3.01. The number of hydrogen-bond acceptors (Lipinski definition) is 1. The van der Waals surface area contributed by atoms with Crippen LogP contribution in [0.2, 0.25) is 0 Å². The number of rotatable bonds is 6. The molecule has 13 heavy (non-hydrogen) atoms. The lowest BCUT2D eigenvalue weighted by atomic mass is 9.94. The van der Waals surface area contributed by atoms with Gasteiger partial charge in [0.05, 0.1) is 0 Å². The minimum Gasteiger partial charge on any atom is -0.316 e. The van der Waals surface area contributed by atoms with Crippen LogP contribution in [0.25, 0.3) is 0 Å². The highest BCUT2D eigenvalue weighted by Gasteiger charge is 2.59. The Morgan fingerprint density at radius 3 is 2.62 bits per heavy atom. The molecule has 1 N–H and O–H groups in total. The Kier molecular flexibility index (Phi) is 2.64. The maximum atomic E-state index is 3.57. The van der Waals surface area contributed by atoms with E-state index in [1.807, 2.05) is 0 Å². The maximum Gasteiger partial charge on any atom is -0.00149 e. The van der Waals surface area contributed by atoms with Crippen molar-refractivity contribution < 1.29 is 0 Å². The maximum absolute atomic E-state index is 3.57. The van der Waals surface area contributed by atoms with Crippen molar-refractivity contribution in [1.29, 1.82) is 0 Å². The zero-order chi connectivity index (χ0) is 9.31. The number of hydrogen-bond donors (Lipinski definition) is 1. The summed E-state index contributed by atoms with van der Waals surface area (Å²) in [7, 11) is 0. The molecular formula is C12H23N. The topological polar surface area (TPSA) is 12.0 Å². The predicted molar refractivity (Wildman–Crippen MR) is 56.7 cm³/mol. The van der Waals surface area contributed by atoms with Crippen LogP contribution in [0.15, 0.2) is 0 Å². The molecule has 0 amide bonds. The second-order valence-corrected chi connectivity index (χ2v) is 4.97. The monoisotopic (exact) mass is 181 g/mol. The first kappa shape index (κ1) is 9.51. The summed E-state index contributed by atoms with van der Waals surface area (Å²) in [4.78, 5) is 0. The number of nitrogens with one attached hydrogen (secondary N) is 1. The van der Waals surface area contributed by atoms with Gasteiger partial charge in [-0.2, -0.15) is 0 Å². The lowest BCUT2D eigenvalue weighted by molar-refractivity contribution is 0.370. The van der Waals surface area contributed by atoms with Crippen molar-refractivity contribution in [3.63, 3.8) is 0 Å². The van der Waals surface area contributed by atoms with Crippen molar-refractivity contribution in [2.45, 2.75) is 46.0 Å². The van der Waals surface area contributed by atoms with Crippen molar-refractivity contribution in [3.05, 3.63) is 0 Å². The molecule has 2 aliphatic carbocycles. The minimum absolute atomic E-state index is 0.806. The third kappa shape index (κ3) is 1.76. The first-order valence-electron chi connectivity index (χ1n) is 6.04. The van der Waals surface area contributed by atoms with Crippen LogP contribution in [0.1, 0.15) is 46.0 Å². The second-order valence-electron chi connectivity index (χ2n) is 4.97. The van der Waals surface area contributed by atoms with E-state index < -0.39 is 0 Å². The summed E-state index contributed by atoms with van der Waals surface area (Å²) in [6.07, 6.45) is 7.27. The molecule has 2 aliphatic rings. The summed E-state index contributed by atoms with van der Waals surface area (Å²) in [5, 5.41) is 3.57. The molecule has 1 nitrogen and oxygen atoms in total. The van der Waals surface area contributed by atoms with E-state index >= 15 is 0 Å². The van der Waals surface area contributed by atoms with Crippen molar-refractivity contribution in [1.82, 2.24) is 5.32 Å². The van der Waals surface area contributed by atoms with Crippen molar-refractivity contribution >= 4 is 0 Å². The van der Waals surface area contributed by atoms with Crippen molar-refractivity contribution in [2.75, 3.05) is 13.1 Å². The highest BCUT2D eigenvalue weighted by molar-refractivity contribution is 5.09. The fraction of sp³-hybridized carbons (Fsp3) is 1.00. The smallest absolute Gasteiger partial charge is 0.00149 e. The molecule has 2 rings (SSSR count). The van der Waals surface area contributed by atoms with Crippen LogP contribution in [0.3, 0.4) is 0 Å². The Hall–Kier alpha value is -0.0400. The molecule has 0 bridgehead atoms. The van der Waals surface area contributed by atoms with Crippen LogP contribution in [-0.2, 0) is 0 Å². The van der Waals surface area contributed by atoms with Crippen LogP contribution >= 0.6 is 0 Å². The average molecular weight is 181 g/mol. The normalized spacial score (nSPS) is 37.8. The molecule has 2 fully saturated rings. The molecule has 0 heterocycles. The molecular weight excluding hydrogens is 158 g/mol. The molecule has 76 valence electrons. The highest BCUT2D eigenvalue weighted by Crippen LogP contribution is 2.67. The molecule has 2 atom stereocenters. The molecule has 0 saturated heterocycles. The van der Waals surface area contributed by atoms with E-state index in [4.69, 9.17) is 0 Å². The summed E-state index contributed by atoms with van der Waals surface area (Å²) in [6.45, 7) is 7.13. The van der Waals surface area contributed by atoms with Gasteiger partial charge in [0.15, 0.2) is 0 Å². The van der Waals surface area contributed by atoms with Gasteiger partial charge in [0.1, 0.15) is 0 Å². The molecule has 0 aromatic carbocycles. The Balaban J connectivity index is 1.72. The van der Waals surface area contributed by atoms with Gasteiger partial charge in [0.2, 0.25) is 0 Å². The predicted octanol–water partition coefficient (Wildman–Crippen LogP) is 2.81. The van der Waals surface area contributed by atoms with E-state index in [0.717, 1.165) is 17.3 Å². The van der Waals surface area contributed by atoms with Gasteiger partial charge < -0.3 is 5.32 Å². The first-order chi connectivity index (χ1) is 6.33. The average Bonchev–Trinajstić information content (AvgIpc) is 3.00. The van der Waals surface area contributed by atoms with E-state index in [1.54, 1.807) is 0 Å². The van der Waals surface area contributed by atoms with E-state index in [-0.39, 0.29) is 0 Å². The van der Waals surface area contributed by atoms with Crippen LogP contribution in [0.5, 0.6) is 0 Å². The summed E-state index contributed by atoms with van der Waals surface area (Å²) in [5.41, 5.74) is 0.806. The van der Waals surface area contributed by atoms with E-state index in [0.29, 0.717) is 0 Å². The largest absolute Gasteiger partial charge is 0.316 e. The zero-order valence-corrected chi connectivity index (χ0v) is 9.10. The summed E-state index contributed by atoms with van der Waals surface area (Å²) >= 11 is 0. The highest BCUT2D eigenvalue weighted by atomic mass is 14.9. The summed E-state index contributed by atoms with van der Waals surface area (Å²) in [6, 6.07) is 0. The first-order valence-corrected chi connectivity index (χ1v) is 6.04. The van der Waals surface area contributed by atoms with Gasteiger partial charge in [-0.25, -0.2) is 0 Å². The third-order valence-electron chi connectivity index (χ3n) is 4.15. The van der Waals surface area contributed by atoms with Gasteiger partial charge in [-0.05, 0) is 62.4 Å². The van der Waals surface area contributed by atoms with E-state index in [2.05, 4.69) is 19.2 Å². The molecule has 1 heteroatoms. The lowest BCUT2D eigenvalue weighted by Crippen LogP contribution is -2.21. The molecule has 0 radical (unpaired) electrons. The Bertz CT molecular complexity index is 174. The van der Waals surface area contributed by atoms with E-state index in [9.17, 15) is 0 Å². The van der Waals surface area contributed by atoms with Crippen molar-refractivity contribution in [3.8, 4) is 0 Å². The minimum atomic E-state index is 0.806. The lowest BCUT2D eigenvalue weighted by Gasteiger charge is -2.13. The van der Waals surface area contributed by atoms with Crippen LogP contribution < -0.4 is 5.32 Å². The summed E-state index contributed by atoms with van der Waals surface area (Å²) in [5.74, 6) is 2.14. The molecule has 2 saturated carbocycles. The quantitative estimate of drug-likeness (QED) is 0.621. The van der Waals surface area contributed by atoms with Gasteiger partial charge in [-0.15, -0.1) is 0 Å². The Morgan fingerprint density at radius 1 is 1.31 bits per heavy atom. The van der Waals surface area contributed by atoms with E-state index in [1.165, 1.54) is 45.2 Å². The third-order valence-corrected chi connectivity index (χ3v) is 4.15.